The van der Waals surface area contributed by atoms with Gasteiger partial charge in [0.1, 0.15) is 0 Å². The molecule has 4 heteroatoms. The van der Waals surface area contributed by atoms with E-state index in [1.807, 2.05) is 19.1 Å². The molecule has 0 spiro atoms. The molecule has 1 aliphatic heterocycles. The number of aryl methyl sites for hydroxylation is 1. The van der Waals surface area contributed by atoms with Crippen LogP contribution in [0.1, 0.15) is 18.5 Å². The summed E-state index contributed by atoms with van der Waals surface area (Å²) in [6.45, 7) is 3.94. The van der Waals surface area contributed by atoms with Gasteiger partial charge in [0.05, 0.1) is 11.9 Å². The number of nitrogens with one attached hydrogen (secondary N) is 1. The van der Waals surface area contributed by atoms with Crippen LogP contribution in [0.2, 0.25) is 0 Å². The first-order valence-corrected chi connectivity index (χ1v) is 6.07. The molecule has 1 aliphatic rings. The SMILES string of the molecule is Cc1ccc(NC(=O)C2CCN(C)CC2)cn1. The average molecular weight is 233 g/mol. The molecular formula is C13H19N3O. The standard InChI is InChI=1S/C13H19N3O/c1-10-3-4-12(9-14-10)15-13(17)11-5-7-16(2)8-6-11/h3-4,9,11H,5-8H2,1-2H3,(H,15,17). The Bertz CT molecular complexity index is 380. The molecule has 1 fully saturated rings. The molecule has 92 valence electrons. The van der Waals surface area contributed by atoms with Crippen molar-refractivity contribution < 1.29 is 4.79 Å². The number of nitrogens with zero attached hydrogens (tertiary/aromatic N) is 2. The van der Waals surface area contributed by atoms with Crippen molar-refractivity contribution in [3.05, 3.63) is 24.0 Å². The summed E-state index contributed by atoms with van der Waals surface area (Å²) in [5.41, 5.74) is 1.75. The number of hydrogen-bond donors (Lipinski definition) is 1. The van der Waals surface area contributed by atoms with E-state index in [4.69, 9.17) is 0 Å². The van der Waals surface area contributed by atoms with Gasteiger partial charge in [0.15, 0.2) is 0 Å². The van der Waals surface area contributed by atoms with E-state index in [9.17, 15) is 4.79 Å². The van der Waals surface area contributed by atoms with Crippen molar-refractivity contribution in [2.75, 3.05) is 25.5 Å². The number of amides is 1. The summed E-state index contributed by atoms with van der Waals surface area (Å²) < 4.78 is 0. The maximum Gasteiger partial charge on any atom is 0.227 e. The summed E-state index contributed by atoms with van der Waals surface area (Å²) >= 11 is 0. The van der Waals surface area contributed by atoms with E-state index in [1.54, 1.807) is 6.20 Å². The summed E-state index contributed by atoms with van der Waals surface area (Å²) in [5, 5.41) is 2.93. The molecule has 1 saturated heterocycles. The molecule has 2 heterocycles. The van der Waals surface area contributed by atoms with E-state index in [2.05, 4.69) is 22.2 Å². The normalized spacial score (nSPS) is 18.0. The number of piperidine rings is 1. The molecule has 0 bridgehead atoms. The smallest absolute Gasteiger partial charge is 0.227 e. The molecule has 1 aromatic rings. The van der Waals surface area contributed by atoms with Gasteiger partial charge in [0, 0.05) is 11.6 Å². The summed E-state index contributed by atoms with van der Waals surface area (Å²) in [4.78, 5) is 18.4. The second-order valence-corrected chi connectivity index (χ2v) is 4.76. The summed E-state index contributed by atoms with van der Waals surface area (Å²) in [6.07, 6.45) is 3.60. The molecule has 4 nitrogen and oxygen atoms in total. The minimum absolute atomic E-state index is 0.128. The lowest BCUT2D eigenvalue weighted by molar-refractivity contribution is -0.121. The summed E-state index contributed by atoms with van der Waals surface area (Å²) in [6, 6.07) is 3.81. The highest BCUT2D eigenvalue weighted by atomic mass is 16.1. The third-order valence-corrected chi connectivity index (χ3v) is 3.27. The lowest BCUT2D eigenvalue weighted by atomic mass is 9.96. The molecule has 0 unspecified atom stereocenters. The molecule has 1 N–H and O–H groups in total. The number of hydrogen-bond acceptors (Lipinski definition) is 3. The van der Waals surface area contributed by atoms with Crippen LogP contribution in [0.5, 0.6) is 0 Å². The van der Waals surface area contributed by atoms with E-state index in [0.717, 1.165) is 37.3 Å². The molecule has 0 saturated carbocycles. The lowest BCUT2D eigenvalue weighted by Gasteiger charge is -2.27. The fourth-order valence-corrected chi connectivity index (χ4v) is 2.06. The number of carbonyl (C=O) groups excluding carboxylic acids is 1. The highest BCUT2D eigenvalue weighted by Crippen LogP contribution is 2.18. The number of rotatable bonds is 2. The van der Waals surface area contributed by atoms with Crippen molar-refractivity contribution >= 4 is 11.6 Å². The van der Waals surface area contributed by atoms with E-state index in [1.165, 1.54) is 0 Å². The van der Waals surface area contributed by atoms with Gasteiger partial charge in [-0.3, -0.25) is 9.78 Å². The molecule has 17 heavy (non-hydrogen) atoms. The number of likely N-dealkylation sites (tertiary alicyclic amines) is 1. The molecule has 0 aliphatic carbocycles. The zero-order valence-corrected chi connectivity index (χ0v) is 10.4. The predicted molar refractivity (Wildman–Crippen MR) is 67.8 cm³/mol. The van der Waals surface area contributed by atoms with E-state index in [0.29, 0.717) is 0 Å². The first-order chi connectivity index (χ1) is 8.15. The first-order valence-electron chi connectivity index (χ1n) is 6.07. The van der Waals surface area contributed by atoms with Crippen LogP contribution in [0.15, 0.2) is 18.3 Å². The zero-order valence-electron chi connectivity index (χ0n) is 10.4. The Morgan fingerprint density at radius 3 is 2.71 bits per heavy atom. The number of pyridine rings is 1. The fourth-order valence-electron chi connectivity index (χ4n) is 2.06. The van der Waals surface area contributed by atoms with Crippen LogP contribution in [-0.4, -0.2) is 35.9 Å². The number of anilines is 1. The molecule has 1 aromatic heterocycles. The Morgan fingerprint density at radius 1 is 1.41 bits per heavy atom. The maximum atomic E-state index is 12.0. The van der Waals surface area contributed by atoms with Gasteiger partial charge in [-0.25, -0.2) is 0 Å². The van der Waals surface area contributed by atoms with Gasteiger partial charge >= 0.3 is 0 Å². The highest BCUT2D eigenvalue weighted by molar-refractivity contribution is 5.92. The van der Waals surface area contributed by atoms with Gasteiger partial charge in [-0.05, 0) is 52.0 Å². The van der Waals surface area contributed by atoms with Crippen molar-refractivity contribution in [3.8, 4) is 0 Å². The first kappa shape index (κ1) is 12.0. The van der Waals surface area contributed by atoms with Crippen LogP contribution in [-0.2, 0) is 4.79 Å². The molecule has 0 aromatic carbocycles. The van der Waals surface area contributed by atoms with Crippen molar-refractivity contribution in [2.24, 2.45) is 5.92 Å². The van der Waals surface area contributed by atoms with Crippen molar-refractivity contribution in [2.45, 2.75) is 19.8 Å². The highest BCUT2D eigenvalue weighted by Gasteiger charge is 2.23. The topological polar surface area (TPSA) is 45.2 Å². The fraction of sp³-hybridized carbons (Fsp3) is 0.538. The summed E-state index contributed by atoms with van der Waals surface area (Å²) in [5.74, 6) is 0.274. The van der Waals surface area contributed by atoms with Gasteiger partial charge in [-0.1, -0.05) is 0 Å². The Hall–Kier alpha value is -1.42. The lowest BCUT2D eigenvalue weighted by Crippen LogP contribution is -2.35. The third-order valence-electron chi connectivity index (χ3n) is 3.27. The van der Waals surface area contributed by atoms with E-state index < -0.39 is 0 Å². The largest absolute Gasteiger partial charge is 0.324 e. The number of aromatic nitrogens is 1. The Balaban J connectivity index is 1.90. The maximum absolute atomic E-state index is 12.0. The molecule has 1 amide bonds. The molecule has 0 radical (unpaired) electrons. The van der Waals surface area contributed by atoms with Crippen LogP contribution in [0, 0.1) is 12.8 Å². The van der Waals surface area contributed by atoms with Crippen molar-refractivity contribution in [1.82, 2.24) is 9.88 Å². The third kappa shape index (κ3) is 3.27. The Morgan fingerprint density at radius 2 is 2.12 bits per heavy atom. The van der Waals surface area contributed by atoms with Gasteiger partial charge in [-0.2, -0.15) is 0 Å². The monoisotopic (exact) mass is 233 g/mol. The van der Waals surface area contributed by atoms with Crippen LogP contribution in [0.3, 0.4) is 0 Å². The minimum atomic E-state index is 0.128. The Labute approximate surface area is 102 Å². The van der Waals surface area contributed by atoms with E-state index >= 15 is 0 Å². The van der Waals surface area contributed by atoms with Crippen LogP contribution >= 0.6 is 0 Å². The van der Waals surface area contributed by atoms with Crippen LogP contribution < -0.4 is 5.32 Å². The quantitative estimate of drug-likeness (QED) is 0.845. The van der Waals surface area contributed by atoms with Gasteiger partial charge in [-0.15, -0.1) is 0 Å². The zero-order chi connectivity index (χ0) is 12.3. The average Bonchev–Trinajstić information content (AvgIpc) is 2.33. The minimum Gasteiger partial charge on any atom is -0.324 e. The number of carbonyl (C=O) groups is 1. The summed E-state index contributed by atoms with van der Waals surface area (Å²) in [7, 11) is 2.10. The molecule has 0 atom stereocenters. The van der Waals surface area contributed by atoms with Gasteiger partial charge in [0.2, 0.25) is 5.91 Å². The molecule has 2 rings (SSSR count). The van der Waals surface area contributed by atoms with Gasteiger partial charge in [0.25, 0.3) is 0 Å². The Kier molecular flexibility index (Phi) is 3.74. The van der Waals surface area contributed by atoms with Crippen LogP contribution in [0.4, 0.5) is 5.69 Å². The predicted octanol–water partition coefficient (Wildman–Crippen LogP) is 1.67. The van der Waals surface area contributed by atoms with Crippen molar-refractivity contribution in [1.29, 1.82) is 0 Å². The second-order valence-electron chi connectivity index (χ2n) is 4.76. The molecular weight excluding hydrogens is 214 g/mol. The second kappa shape index (κ2) is 5.27. The van der Waals surface area contributed by atoms with E-state index in [-0.39, 0.29) is 11.8 Å². The van der Waals surface area contributed by atoms with Gasteiger partial charge < -0.3 is 10.2 Å². The van der Waals surface area contributed by atoms with Crippen LogP contribution in [0.25, 0.3) is 0 Å². The van der Waals surface area contributed by atoms with Crippen molar-refractivity contribution in [3.63, 3.8) is 0 Å².